The predicted octanol–water partition coefficient (Wildman–Crippen LogP) is 4.00. The van der Waals surface area contributed by atoms with E-state index in [0.717, 1.165) is 37.0 Å². The number of nitrogens with zero attached hydrogens (tertiary/aromatic N) is 1. The Hall–Kier alpha value is -2.66. The molecule has 3 rings (SSSR count). The molecule has 0 radical (unpaired) electrons. The zero-order valence-electron chi connectivity index (χ0n) is 17.9. The molecule has 0 aromatic heterocycles. The molecule has 3 atom stereocenters. The monoisotopic (exact) mass is 408 g/mol. The number of anilines is 1. The summed E-state index contributed by atoms with van der Waals surface area (Å²) in [5, 5.41) is 3.41. The smallest absolute Gasteiger partial charge is 0.312 e. The van der Waals surface area contributed by atoms with E-state index in [2.05, 4.69) is 41.4 Å². The first-order valence-electron chi connectivity index (χ1n) is 10.7. The van der Waals surface area contributed by atoms with Crippen molar-refractivity contribution >= 4 is 17.9 Å². The van der Waals surface area contributed by atoms with E-state index < -0.39 is 5.41 Å². The number of rotatable bonds is 9. The lowest BCUT2D eigenvalue weighted by molar-refractivity contribution is -0.159. The molecule has 0 aliphatic carbocycles. The number of hydrogen-bond acceptors (Lipinski definition) is 5. The Morgan fingerprint density at radius 3 is 2.47 bits per heavy atom. The Labute approximate surface area is 179 Å². The van der Waals surface area contributed by atoms with Crippen molar-refractivity contribution in [3.63, 3.8) is 0 Å². The van der Waals surface area contributed by atoms with Gasteiger partial charge in [-0.1, -0.05) is 55.5 Å². The summed E-state index contributed by atoms with van der Waals surface area (Å²) in [6.07, 6.45) is 2.77. The van der Waals surface area contributed by atoms with Gasteiger partial charge in [-0.05, 0) is 49.5 Å². The third-order valence-electron chi connectivity index (χ3n) is 6.43. The number of methoxy groups -OCH3 is 1. The van der Waals surface area contributed by atoms with Gasteiger partial charge in [-0.25, -0.2) is 0 Å². The Kier molecular flexibility index (Phi) is 7.63. The Balaban J connectivity index is 2.07. The SMILES string of the molecule is COC(=O)C1(CC(c2ccccc2)N(CCC=O)c2ccccc2)CCNCC1C. The summed E-state index contributed by atoms with van der Waals surface area (Å²) in [6, 6.07) is 20.4. The van der Waals surface area contributed by atoms with Crippen molar-refractivity contribution in [2.75, 3.05) is 31.6 Å². The summed E-state index contributed by atoms with van der Waals surface area (Å²) in [5.74, 6) is 0.00874. The topological polar surface area (TPSA) is 58.6 Å². The molecular formula is C25H32N2O3. The number of benzene rings is 2. The maximum Gasteiger partial charge on any atom is 0.312 e. The van der Waals surface area contributed by atoms with Gasteiger partial charge >= 0.3 is 5.97 Å². The van der Waals surface area contributed by atoms with Crippen LogP contribution in [0.2, 0.25) is 0 Å². The summed E-state index contributed by atoms with van der Waals surface area (Å²) in [7, 11) is 1.48. The van der Waals surface area contributed by atoms with Crippen LogP contribution in [0.25, 0.3) is 0 Å². The maximum atomic E-state index is 13.1. The summed E-state index contributed by atoms with van der Waals surface area (Å²) < 4.78 is 5.33. The van der Waals surface area contributed by atoms with Crippen LogP contribution in [0, 0.1) is 11.3 Å². The molecule has 1 heterocycles. The van der Waals surface area contributed by atoms with Crippen LogP contribution in [0.5, 0.6) is 0 Å². The molecule has 3 unspecified atom stereocenters. The predicted molar refractivity (Wildman–Crippen MR) is 119 cm³/mol. The molecule has 0 saturated carbocycles. The molecule has 1 aliphatic heterocycles. The zero-order valence-corrected chi connectivity index (χ0v) is 17.9. The molecular weight excluding hydrogens is 376 g/mol. The van der Waals surface area contributed by atoms with E-state index in [9.17, 15) is 9.59 Å². The lowest BCUT2D eigenvalue weighted by atomic mass is 9.66. The normalized spacial score (nSPS) is 22.1. The molecule has 2 aromatic rings. The van der Waals surface area contributed by atoms with Crippen LogP contribution in [0.3, 0.4) is 0 Å². The van der Waals surface area contributed by atoms with Crippen molar-refractivity contribution in [3.8, 4) is 0 Å². The Bertz CT molecular complexity index is 812. The second-order valence-electron chi connectivity index (χ2n) is 8.12. The Morgan fingerprint density at radius 1 is 1.20 bits per heavy atom. The highest BCUT2D eigenvalue weighted by atomic mass is 16.5. The highest BCUT2D eigenvalue weighted by Crippen LogP contribution is 2.45. The average molecular weight is 409 g/mol. The van der Waals surface area contributed by atoms with Crippen molar-refractivity contribution < 1.29 is 14.3 Å². The molecule has 160 valence electrons. The van der Waals surface area contributed by atoms with Crippen molar-refractivity contribution in [1.29, 1.82) is 0 Å². The fraction of sp³-hybridized carbons (Fsp3) is 0.440. The van der Waals surface area contributed by atoms with Gasteiger partial charge in [-0.2, -0.15) is 0 Å². The Morgan fingerprint density at radius 2 is 1.87 bits per heavy atom. The largest absolute Gasteiger partial charge is 0.469 e. The molecule has 0 amide bonds. The van der Waals surface area contributed by atoms with Crippen LogP contribution in [-0.4, -0.2) is 39.0 Å². The number of aldehydes is 1. The van der Waals surface area contributed by atoms with E-state index in [-0.39, 0.29) is 17.9 Å². The first kappa shape index (κ1) is 22.0. The first-order valence-corrected chi connectivity index (χ1v) is 10.7. The van der Waals surface area contributed by atoms with Gasteiger partial charge in [-0.3, -0.25) is 4.79 Å². The number of nitrogens with one attached hydrogen (secondary N) is 1. The van der Waals surface area contributed by atoms with Gasteiger partial charge in [0.1, 0.15) is 6.29 Å². The average Bonchev–Trinajstić information content (AvgIpc) is 2.80. The fourth-order valence-electron chi connectivity index (χ4n) is 4.67. The summed E-state index contributed by atoms with van der Waals surface area (Å²) in [4.78, 5) is 26.6. The van der Waals surface area contributed by atoms with Gasteiger partial charge < -0.3 is 19.7 Å². The summed E-state index contributed by atoms with van der Waals surface area (Å²) in [6.45, 7) is 4.30. The van der Waals surface area contributed by atoms with Crippen LogP contribution in [0.4, 0.5) is 5.69 Å². The zero-order chi connectivity index (χ0) is 21.4. The molecule has 0 spiro atoms. The van der Waals surface area contributed by atoms with Crippen molar-refractivity contribution in [2.45, 2.75) is 32.2 Å². The van der Waals surface area contributed by atoms with Gasteiger partial charge in [0.25, 0.3) is 0 Å². The standard InChI is InChI=1S/C25H32N2O3/c1-20-19-26-15-14-25(20,24(29)30-2)18-23(21-10-5-3-6-11-21)27(16-9-17-28)22-12-7-4-8-13-22/h3-8,10-13,17,20,23,26H,9,14-16,18-19H2,1-2H3. The molecule has 1 aliphatic rings. The van der Waals surface area contributed by atoms with Gasteiger partial charge in [-0.15, -0.1) is 0 Å². The van der Waals surface area contributed by atoms with E-state index in [1.807, 2.05) is 36.4 Å². The molecule has 5 heteroatoms. The van der Waals surface area contributed by atoms with Crippen molar-refractivity contribution in [3.05, 3.63) is 66.2 Å². The minimum atomic E-state index is -0.575. The molecule has 1 N–H and O–H groups in total. The van der Waals surface area contributed by atoms with Crippen molar-refractivity contribution in [1.82, 2.24) is 5.32 Å². The number of carbonyl (C=O) groups excluding carboxylic acids is 2. The molecule has 2 aromatic carbocycles. The van der Waals surface area contributed by atoms with Crippen molar-refractivity contribution in [2.24, 2.45) is 11.3 Å². The van der Waals surface area contributed by atoms with Gasteiger partial charge in [0.2, 0.25) is 0 Å². The van der Waals surface area contributed by atoms with E-state index in [1.165, 1.54) is 7.11 Å². The van der Waals surface area contributed by atoms with E-state index in [4.69, 9.17) is 4.74 Å². The van der Waals surface area contributed by atoms with Gasteiger partial charge in [0.15, 0.2) is 0 Å². The van der Waals surface area contributed by atoms with Crippen LogP contribution >= 0.6 is 0 Å². The minimum absolute atomic E-state index is 0.0480. The van der Waals surface area contributed by atoms with E-state index in [0.29, 0.717) is 19.4 Å². The fourth-order valence-corrected chi connectivity index (χ4v) is 4.67. The number of esters is 1. The van der Waals surface area contributed by atoms with Gasteiger partial charge in [0, 0.05) is 18.7 Å². The van der Waals surface area contributed by atoms with Crippen LogP contribution in [0.1, 0.15) is 37.8 Å². The summed E-state index contributed by atoms with van der Waals surface area (Å²) in [5.41, 5.74) is 1.62. The van der Waals surface area contributed by atoms with Gasteiger partial charge in [0.05, 0.1) is 18.6 Å². The molecule has 1 saturated heterocycles. The second kappa shape index (κ2) is 10.4. The number of ether oxygens (including phenoxy) is 1. The van der Waals surface area contributed by atoms with Crippen LogP contribution in [0.15, 0.2) is 60.7 Å². The number of para-hydroxylation sites is 1. The van der Waals surface area contributed by atoms with E-state index in [1.54, 1.807) is 0 Å². The number of carbonyl (C=O) groups is 2. The molecule has 30 heavy (non-hydrogen) atoms. The summed E-state index contributed by atoms with van der Waals surface area (Å²) >= 11 is 0. The third kappa shape index (κ3) is 4.73. The number of hydrogen-bond donors (Lipinski definition) is 1. The first-order chi connectivity index (χ1) is 14.6. The quantitative estimate of drug-likeness (QED) is 0.502. The molecule has 1 fully saturated rings. The lowest BCUT2D eigenvalue weighted by Gasteiger charge is -2.45. The van der Waals surface area contributed by atoms with Crippen LogP contribution in [-0.2, 0) is 14.3 Å². The van der Waals surface area contributed by atoms with Crippen LogP contribution < -0.4 is 10.2 Å². The van der Waals surface area contributed by atoms with E-state index >= 15 is 0 Å². The highest BCUT2D eigenvalue weighted by Gasteiger charge is 2.48. The highest BCUT2D eigenvalue weighted by molar-refractivity contribution is 5.77. The molecule has 0 bridgehead atoms. The molecule has 5 nitrogen and oxygen atoms in total. The minimum Gasteiger partial charge on any atom is -0.469 e. The lowest BCUT2D eigenvalue weighted by Crippen LogP contribution is -2.51. The second-order valence-corrected chi connectivity index (χ2v) is 8.12. The number of piperidine rings is 1. The third-order valence-corrected chi connectivity index (χ3v) is 6.43. The maximum absolute atomic E-state index is 13.1.